The van der Waals surface area contributed by atoms with Gasteiger partial charge in [0.25, 0.3) is 0 Å². The summed E-state index contributed by atoms with van der Waals surface area (Å²) in [6.45, 7) is 10.6. The Balaban J connectivity index is 3.19. The van der Waals surface area contributed by atoms with Gasteiger partial charge >= 0.3 is 0 Å². The zero-order valence-electron chi connectivity index (χ0n) is 10.2. The topological polar surface area (TPSA) is 18.5 Å². The van der Waals surface area contributed by atoms with Crippen molar-refractivity contribution < 1.29 is 8.85 Å². The third-order valence-electron chi connectivity index (χ3n) is 2.37. The molecule has 0 saturated carbocycles. The summed E-state index contributed by atoms with van der Waals surface area (Å²) < 4.78 is 11.2. The van der Waals surface area contributed by atoms with E-state index in [1.807, 2.05) is 0 Å². The lowest BCUT2D eigenvalue weighted by Gasteiger charge is -2.11. The average molecular weight is 234 g/mol. The second-order valence-corrected chi connectivity index (χ2v) is 8.88. The Morgan fingerprint density at radius 3 is 1.43 bits per heavy atom. The van der Waals surface area contributed by atoms with Crippen LogP contribution in [0, 0.1) is 0 Å². The third-order valence-corrected chi connectivity index (χ3v) is 6.62. The number of hydrogen-bond acceptors (Lipinski definition) is 2. The van der Waals surface area contributed by atoms with Gasteiger partial charge in [0.05, 0.1) is 0 Å². The summed E-state index contributed by atoms with van der Waals surface area (Å²) in [5.74, 6) is 0. The van der Waals surface area contributed by atoms with Crippen LogP contribution in [0.15, 0.2) is 0 Å². The minimum atomic E-state index is -0.807. The Morgan fingerprint density at radius 1 is 0.786 bits per heavy atom. The van der Waals surface area contributed by atoms with E-state index in [1.54, 1.807) is 0 Å². The van der Waals surface area contributed by atoms with Crippen LogP contribution in [0.2, 0.25) is 25.2 Å². The van der Waals surface area contributed by atoms with Crippen molar-refractivity contribution in [3.63, 3.8) is 0 Å². The summed E-state index contributed by atoms with van der Waals surface area (Å²) in [7, 11) is -1.61. The maximum Gasteiger partial charge on any atom is 0.173 e. The molecule has 0 saturated heterocycles. The van der Waals surface area contributed by atoms with Crippen LogP contribution < -0.4 is 0 Å². The molecular weight excluding hydrogens is 208 g/mol. The van der Waals surface area contributed by atoms with Gasteiger partial charge < -0.3 is 8.85 Å². The normalized spacial score (nSPS) is 15.4. The fraction of sp³-hybridized carbons (Fsp3) is 1.00. The summed E-state index contributed by atoms with van der Waals surface area (Å²) in [6, 6.07) is 2.67. The largest absolute Gasteiger partial charge is 0.421 e. The minimum absolute atomic E-state index is 0.807. The van der Waals surface area contributed by atoms with Crippen molar-refractivity contribution in [2.24, 2.45) is 0 Å². The van der Waals surface area contributed by atoms with Gasteiger partial charge in [-0.3, -0.25) is 0 Å². The first-order valence-corrected chi connectivity index (χ1v) is 10.8. The Hall–Kier alpha value is 0.354. The molecule has 4 heteroatoms. The van der Waals surface area contributed by atoms with Crippen molar-refractivity contribution in [1.29, 1.82) is 0 Å². The average Bonchev–Trinajstić information content (AvgIpc) is 2.13. The summed E-state index contributed by atoms with van der Waals surface area (Å²) >= 11 is 0. The maximum atomic E-state index is 5.62. The van der Waals surface area contributed by atoms with E-state index in [9.17, 15) is 0 Å². The predicted molar refractivity (Wildman–Crippen MR) is 68.1 cm³/mol. The van der Waals surface area contributed by atoms with Crippen LogP contribution >= 0.6 is 0 Å². The molecule has 86 valence electrons. The SMILES string of the molecule is CCO[SiH](C)CCCC[SiH](C)OCC. The van der Waals surface area contributed by atoms with Gasteiger partial charge in [-0.25, -0.2) is 0 Å². The van der Waals surface area contributed by atoms with Crippen molar-refractivity contribution in [1.82, 2.24) is 0 Å². The van der Waals surface area contributed by atoms with Gasteiger partial charge in [-0.15, -0.1) is 0 Å². The molecule has 0 amide bonds. The number of hydrogen-bond donors (Lipinski definition) is 0. The third kappa shape index (κ3) is 8.93. The van der Waals surface area contributed by atoms with E-state index in [0.29, 0.717) is 0 Å². The van der Waals surface area contributed by atoms with Crippen LogP contribution in [-0.2, 0) is 8.85 Å². The number of rotatable bonds is 9. The quantitative estimate of drug-likeness (QED) is 0.451. The fourth-order valence-electron chi connectivity index (χ4n) is 1.60. The van der Waals surface area contributed by atoms with E-state index >= 15 is 0 Å². The zero-order valence-corrected chi connectivity index (χ0v) is 12.5. The molecule has 2 unspecified atom stereocenters. The molecule has 0 N–H and O–H groups in total. The Morgan fingerprint density at radius 2 is 1.14 bits per heavy atom. The van der Waals surface area contributed by atoms with Gasteiger partial charge in [-0.05, 0) is 39.0 Å². The second kappa shape index (κ2) is 9.89. The van der Waals surface area contributed by atoms with E-state index < -0.39 is 18.1 Å². The van der Waals surface area contributed by atoms with Gasteiger partial charge in [0.2, 0.25) is 0 Å². The first-order chi connectivity index (χ1) is 6.70. The molecule has 14 heavy (non-hydrogen) atoms. The molecule has 0 aliphatic rings. The van der Waals surface area contributed by atoms with Crippen molar-refractivity contribution in [2.45, 2.75) is 51.9 Å². The molecular formula is C10H26O2Si2. The predicted octanol–water partition coefficient (Wildman–Crippen LogP) is 2.55. The number of unbranched alkanes of at least 4 members (excludes halogenated alkanes) is 1. The minimum Gasteiger partial charge on any atom is -0.421 e. The molecule has 0 aliphatic heterocycles. The molecule has 0 aromatic heterocycles. The van der Waals surface area contributed by atoms with Crippen LogP contribution in [0.1, 0.15) is 26.7 Å². The standard InChI is InChI=1S/C10H26O2Si2/c1-5-11-13(3)9-7-8-10-14(4)12-6-2/h13-14H,5-10H2,1-4H3. The molecule has 0 rings (SSSR count). The first-order valence-electron chi connectivity index (χ1n) is 5.93. The summed E-state index contributed by atoms with van der Waals surface area (Å²) in [5.41, 5.74) is 0. The molecule has 0 fully saturated rings. The smallest absolute Gasteiger partial charge is 0.173 e. The van der Waals surface area contributed by atoms with Gasteiger partial charge in [0.15, 0.2) is 18.1 Å². The van der Waals surface area contributed by atoms with Gasteiger partial charge in [0.1, 0.15) is 0 Å². The Kier molecular flexibility index (Phi) is 10.1. The molecule has 0 aromatic carbocycles. The molecule has 0 aliphatic carbocycles. The zero-order chi connectivity index (χ0) is 10.8. The highest BCUT2D eigenvalue weighted by molar-refractivity contribution is 6.50. The lowest BCUT2D eigenvalue weighted by molar-refractivity contribution is 0.341. The molecule has 0 aromatic rings. The van der Waals surface area contributed by atoms with E-state index in [2.05, 4.69) is 26.9 Å². The van der Waals surface area contributed by atoms with Gasteiger partial charge in [-0.1, -0.05) is 12.8 Å². The summed E-state index contributed by atoms with van der Waals surface area (Å²) in [6.07, 6.45) is 2.69. The Bertz CT molecular complexity index is 109. The van der Waals surface area contributed by atoms with Crippen molar-refractivity contribution in [3.8, 4) is 0 Å². The monoisotopic (exact) mass is 234 g/mol. The summed E-state index contributed by atoms with van der Waals surface area (Å²) in [4.78, 5) is 0. The lowest BCUT2D eigenvalue weighted by atomic mass is 10.4. The van der Waals surface area contributed by atoms with Crippen LogP contribution in [0.3, 0.4) is 0 Å². The molecule has 0 heterocycles. The van der Waals surface area contributed by atoms with E-state index in [0.717, 1.165) is 13.2 Å². The van der Waals surface area contributed by atoms with Crippen molar-refractivity contribution >= 4 is 18.1 Å². The highest BCUT2D eigenvalue weighted by Crippen LogP contribution is 2.08. The molecule has 2 nitrogen and oxygen atoms in total. The highest BCUT2D eigenvalue weighted by Gasteiger charge is 2.06. The van der Waals surface area contributed by atoms with E-state index in [-0.39, 0.29) is 0 Å². The second-order valence-electron chi connectivity index (χ2n) is 3.82. The van der Waals surface area contributed by atoms with Gasteiger partial charge in [0, 0.05) is 13.2 Å². The Labute approximate surface area is 92.5 Å². The highest BCUT2D eigenvalue weighted by atomic mass is 28.3. The van der Waals surface area contributed by atoms with E-state index in [1.165, 1.54) is 24.9 Å². The van der Waals surface area contributed by atoms with Crippen LogP contribution in [-0.4, -0.2) is 31.3 Å². The van der Waals surface area contributed by atoms with Crippen LogP contribution in [0.25, 0.3) is 0 Å². The molecule has 0 bridgehead atoms. The summed E-state index contributed by atoms with van der Waals surface area (Å²) in [5, 5.41) is 0. The maximum absolute atomic E-state index is 5.62. The van der Waals surface area contributed by atoms with Crippen LogP contribution in [0.5, 0.6) is 0 Å². The first kappa shape index (κ1) is 14.4. The molecule has 2 atom stereocenters. The van der Waals surface area contributed by atoms with E-state index in [4.69, 9.17) is 8.85 Å². The van der Waals surface area contributed by atoms with Crippen molar-refractivity contribution in [2.75, 3.05) is 13.2 Å². The lowest BCUT2D eigenvalue weighted by Crippen LogP contribution is -2.14. The van der Waals surface area contributed by atoms with Crippen molar-refractivity contribution in [3.05, 3.63) is 0 Å². The van der Waals surface area contributed by atoms with Crippen LogP contribution in [0.4, 0.5) is 0 Å². The van der Waals surface area contributed by atoms with Gasteiger partial charge in [-0.2, -0.15) is 0 Å². The molecule has 0 radical (unpaired) electrons. The fourth-order valence-corrected chi connectivity index (χ4v) is 4.80. The molecule has 0 spiro atoms.